The Labute approximate surface area is 145 Å². The van der Waals surface area contributed by atoms with Crippen molar-refractivity contribution < 1.29 is 13.2 Å². The van der Waals surface area contributed by atoms with E-state index in [1.54, 1.807) is 11.0 Å². The number of hydrogen-bond donors (Lipinski definition) is 1. The first-order valence-electron chi connectivity index (χ1n) is 8.30. The number of piperazine rings is 1. The molecule has 25 heavy (non-hydrogen) atoms. The predicted octanol–water partition coefficient (Wildman–Crippen LogP) is 0.829. The van der Waals surface area contributed by atoms with Crippen LogP contribution in [-0.4, -0.2) is 64.9 Å². The second-order valence-corrected chi connectivity index (χ2v) is 8.31. The van der Waals surface area contributed by atoms with Crippen molar-refractivity contribution in [2.45, 2.75) is 23.7 Å². The zero-order valence-corrected chi connectivity index (χ0v) is 14.4. The molecule has 1 aliphatic carbocycles. The van der Waals surface area contributed by atoms with Crippen LogP contribution in [0.3, 0.4) is 0 Å². The summed E-state index contributed by atoms with van der Waals surface area (Å²) >= 11 is 0. The first kappa shape index (κ1) is 16.2. The molecule has 2 aliphatic rings. The summed E-state index contributed by atoms with van der Waals surface area (Å²) in [5.41, 5.74) is 1.42. The van der Waals surface area contributed by atoms with E-state index in [-0.39, 0.29) is 23.9 Å². The Morgan fingerprint density at radius 2 is 1.96 bits per heavy atom. The van der Waals surface area contributed by atoms with E-state index in [9.17, 15) is 13.2 Å². The van der Waals surface area contributed by atoms with Crippen molar-refractivity contribution >= 4 is 15.9 Å². The van der Waals surface area contributed by atoms with E-state index in [0.717, 1.165) is 18.5 Å². The minimum atomic E-state index is -3.56. The summed E-state index contributed by atoms with van der Waals surface area (Å²) in [6, 6.07) is 4.95. The van der Waals surface area contributed by atoms with Gasteiger partial charge < -0.3 is 4.90 Å². The molecule has 1 amide bonds. The second-order valence-electron chi connectivity index (χ2n) is 6.37. The summed E-state index contributed by atoms with van der Waals surface area (Å²) in [7, 11) is -3.56. The highest BCUT2D eigenvalue weighted by atomic mass is 32.2. The van der Waals surface area contributed by atoms with Gasteiger partial charge in [-0.15, -0.1) is 0 Å². The quantitative estimate of drug-likeness (QED) is 0.869. The van der Waals surface area contributed by atoms with Gasteiger partial charge in [-0.3, -0.25) is 14.9 Å². The number of sulfonamides is 1. The maximum Gasteiger partial charge on any atom is 0.274 e. The van der Waals surface area contributed by atoms with Crippen LogP contribution >= 0.6 is 0 Å². The summed E-state index contributed by atoms with van der Waals surface area (Å²) < 4.78 is 26.6. The third kappa shape index (κ3) is 3.16. The first-order chi connectivity index (χ1) is 12.1. The second kappa shape index (κ2) is 6.23. The molecule has 1 saturated carbocycles. The summed E-state index contributed by atoms with van der Waals surface area (Å²) in [5.74, 6) is 0.358. The van der Waals surface area contributed by atoms with Crippen molar-refractivity contribution in [3.05, 3.63) is 42.0 Å². The Balaban J connectivity index is 1.41. The van der Waals surface area contributed by atoms with Gasteiger partial charge in [-0.1, -0.05) is 0 Å². The Morgan fingerprint density at radius 1 is 1.20 bits per heavy atom. The number of aromatic nitrogens is 3. The zero-order chi connectivity index (χ0) is 17.4. The van der Waals surface area contributed by atoms with Gasteiger partial charge in [-0.05, 0) is 31.0 Å². The molecule has 0 unspecified atom stereocenters. The summed E-state index contributed by atoms with van der Waals surface area (Å²) in [6.45, 7) is 1.24. The van der Waals surface area contributed by atoms with Gasteiger partial charge in [-0.2, -0.15) is 9.40 Å². The maximum atomic E-state index is 12.6. The lowest BCUT2D eigenvalue weighted by Gasteiger charge is -2.33. The van der Waals surface area contributed by atoms with Crippen LogP contribution in [0.1, 0.15) is 34.9 Å². The molecule has 2 aromatic heterocycles. The van der Waals surface area contributed by atoms with E-state index in [1.807, 2.05) is 6.07 Å². The van der Waals surface area contributed by atoms with E-state index in [2.05, 4.69) is 15.2 Å². The highest BCUT2D eigenvalue weighted by Crippen LogP contribution is 2.39. The predicted molar refractivity (Wildman–Crippen MR) is 89.5 cm³/mol. The molecule has 1 aliphatic heterocycles. The number of nitrogens with one attached hydrogen (secondary N) is 1. The van der Waals surface area contributed by atoms with Crippen LogP contribution in [0.4, 0.5) is 0 Å². The minimum Gasteiger partial charge on any atom is -0.335 e. The number of H-pyrrole nitrogens is 1. The normalized spacial score (nSPS) is 19.1. The van der Waals surface area contributed by atoms with Crippen LogP contribution in [0.25, 0.3) is 0 Å². The van der Waals surface area contributed by atoms with Crippen LogP contribution in [0.5, 0.6) is 0 Å². The van der Waals surface area contributed by atoms with Gasteiger partial charge >= 0.3 is 0 Å². The molecule has 0 spiro atoms. The van der Waals surface area contributed by atoms with Crippen molar-refractivity contribution in [3.63, 3.8) is 0 Å². The van der Waals surface area contributed by atoms with Gasteiger partial charge in [-0.25, -0.2) is 8.42 Å². The van der Waals surface area contributed by atoms with Gasteiger partial charge in [0.2, 0.25) is 10.0 Å². The SMILES string of the molecule is O=C(c1cc(C2CC2)[nH]n1)N1CCN(S(=O)(=O)c2cccnc2)CC1. The molecule has 1 saturated heterocycles. The van der Waals surface area contributed by atoms with Gasteiger partial charge in [0.25, 0.3) is 5.91 Å². The lowest BCUT2D eigenvalue weighted by Crippen LogP contribution is -2.50. The number of aromatic amines is 1. The molecule has 3 heterocycles. The highest BCUT2D eigenvalue weighted by molar-refractivity contribution is 7.89. The molecule has 2 fully saturated rings. The lowest BCUT2D eigenvalue weighted by atomic mass is 10.2. The molecule has 0 atom stereocenters. The van der Waals surface area contributed by atoms with E-state index >= 15 is 0 Å². The Bertz CT molecular complexity index is 868. The number of rotatable bonds is 4. The third-order valence-electron chi connectivity index (χ3n) is 4.63. The van der Waals surface area contributed by atoms with E-state index < -0.39 is 10.0 Å². The molecule has 8 nitrogen and oxygen atoms in total. The number of amides is 1. The molecule has 9 heteroatoms. The Hall–Kier alpha value is -2.26. The van der Waals surface area contributed by atoms with Crippen molar-refractivity contribution in [1.29, 1.82) is 0 Å². The topological polar surface area (TPSA) is 99.3 Å². The largest absolute Gasteiger partial charge is 0.335 e. The number of hydrogen-bond acceptors (Lipinski definition) is 5. The minimum absolute atomic E-state index is 0.151. The van der Waals surface area contributed by atoms with Crippen LogP contribution in [0.15, 0.2) is 35.5 Å². The monoisotopic (exact) mass is 361 g/mol. The van der Waals surface area contributed by atoms with Crippen LogP contribution < -0.4 is 0 Å². The Kier molecular flexibility index (Phi) is 4.04. The Morgan fingerprint density at radius 3 is 2.60 bits per heavy atom. The fraction of sp³-hybridized carbons (Fsp3) is 0.438. The van der Waals surface area contributed by atoms with Crippen LogP contribution in [0, 0.1) is 0 Å². The smallest absolute Gasteiger partial charge is 0.274 e. The van der Waals surface area contributed by atoms with Gasteiger partial charge in [0.1, 0.15) is 10.6 Å². The molecular weight excluding hydrogens is 342 g/mol. The average molecular weight is 361 g/mol. The fourth-order valence-electron chi connectivity index (χ4n) is 2.99. The molecule has 0 bridgehead atoms. The van der Waals surface area contributed by atoms with Crippen molar-refractivity contribution in [2.24, 2.45) is 0 Å². The number of carbonyl (C=O) groups is 1. The van der Waals surface area contributed by atoms with Gasteiger partial charge in [0.15, 0.2) is 0 Å². The molecule has 2 aromatic rings. The maximum absolute atomic E-state index is 12.6. The van der Waals surface area contributed by atoms with Crippen LogP contribution in [-0.2, 0) is 10.0 Å². The standard InChI is InChI=1S/C16H19N5O3S/c22-16(15-10-14(18-19-15)12-3-4-12)20-6-8-21(9-7-20)25(23,24)13-2-1-5-17-11-13/h1-2,5,10-12H,3-4,6-9H2,(H,18,19). The number of carbonyl (C=O) groups excluding carboxylic acids is 1. The fourth-order valence-corrected chi connectivity index (χ4v) is 4.38. The molecule has 1 N–H and O–H groups in total. The summed E-state index contributed by atoms with van der Waals surface area (Å²) in [4.78, 5) is 18.2. The third-order valence-corrected chi connectivity index (χ3v) is 6.51. The van der Waals surface area contributed by atoms with E-state index in [1.165, 1.54) is 22.8 Å². The molecule has 132 valence electrons. The summed E-state index contributed by atoms with van der Waals surface area (Å²) in [6.07, 6.45) is 5.16. The van der Waals surface area contributed by atoms with Crippen molar-refractivity contribution in [1.82, 2.24) is 24.4 Å². The van der Waals surface area contributed by atoms with E-state index in [4.69, 9.17) is 0 Å². The molecule has 0 aromatic carbocycles. The lowest BCUT2D eigenvalue weighted by molar-refractivity contribution is 0.0692. The average Bonchev–Trinajstić information content (AvgIpc) is 3.39. The first-order valence-corrected chi connectivity index (χ1v) is 9.74. The molecular formula is C16H19N5O3S. The van der Waals surface area contributed by atoms with Crippen LogP contribution in [0.2, 0.25) is 0 Å². The van der Waals surface area contributed by atoms with E-state index in [0.29, 0.717) is 24.7 Å². The van der Waals surface area contributed by atoms with Crippen molar-refractivity contribution in [3.8, 4) is 0 Å². The van der Waals surface area contributed by atoms with Gasteiger partial charge in [0.05, 0.1) is 0 Å². The molecule has 4 rings (SSSR count). The summed E-state index contributed by atoms with van der Waals surface area (Å²) in [5, 5.41) is 7.04. The van der Waals surface area contributed by atoms with Crippen molar-refractivity contribution in [2.75, 3.05) is 26.2 Å². The van der Waals surface area contributed by atoms with Gasteiger partial charge in [0, 0.05) is 50.2 Å². The zero-order valence-electron chi connectivity index (χ0n) is 13.6. The molecule has 0 radical (unpaired) electrons. The number of pyridine rings is 1. The number of nitrogens with zero attached hydrogens (tertiary/aromatic N) is 4. The highest BCUT2D eigenvalue weighted by Gasteiger charge is 2.32.